The molecule has 4 N–H and O–H groups in total. The van der Waals surface area contributed by atoms with Crippen LogP contribution in [0.25, 0.3) is 10.9 Å². The molecule has 1 aliphatic heterocycles. The number of carbonyl (C=O) groups excluding carboxylic acids is 3. The fourth-order valence-corrected chi connectivity index (χ4v) is 4.80. The van der Waals surface area contributed by atoms with Crippen molar-refractivity contribution in [2.24, 2.45) is 11.8 Å². The summed E-state index contributed by atoms with van der Waals surface area (Å²) >= 11 is 0. The van der Waals surface area contributed by atoms with Gasteiger partial charge in [0.25, 0.3) is 0 Å². The van der Waals surface area contributed by atoms with Crippen molar-refractivity contribution < 1.29 is 28.6 Å². The monoisotopic (exact) mass is 535 g/mol. The van der Waals surface area contributed by atoms with E-state index in [1.165, 1.54) is 12.1 Å². The van der Waals surface area contributed by atoms with E-state index < -0.39 is 17.9 Å². The highest BCUT2D eigenvalue weighted by molar-refractivity contribution is 5.86. The Hall–Kier alpha value is -3.98. The molecule has 8 nitrogen and oxygen atoms in total. The van der Waals surface area contributed by atoms with Gasteiger partial charge in [-0.3, -0.25) is 14.4 Å². The third-order valence-electron chi connectivity index (χ3n) is 6.89. The molecule has 0 saturated heterocycles. The number of amides is 2. The van der Waals surface area contributed by atoms with Gasteiger partial charge in [0.1, 0.15) is 12.4 Å². The van der Waals surface area contributed by atoms with Crippen molar-refractivity contribution in [1.29, 1.82) is 0 Å². The minimum absolute atomic E-state index is 0.0306. The molecule has 4 rings (SSSR count). The van der Waals surface area contributed by atoms with Gasteiger partial charge in [-0.2, -0.15) is 0 Å². The summed E-state index contributed by atoms with van der Waals surface area (Å²) in [5.74, 6) is -2.47. The number of hydrogen-bond donors (Lipinski definition) is 4. The Kier molecular flexibility index (Phi) is 9.85. The van der Waals surface area contributed by atoms with Gasteiger partial charge in [-0.15, -0.1) is 0 Å². The highest BCUT2D eigenvalue weighted by Gasteiger charge is 2.27. The van der Waals surface area contributed by atoms with E-state index in [0.29, 0.717) is 25.7 Å². The quantitative estimate of drug-likeness (QED) is 0.261. The zero-order chi connectivity index (χ0) is 27.6. The molecule has 206 valence electrons. The number of aromatic nitrogens is 1. The normalized spacial score (nSPS) is 21.3. The maximum Gasteiger partial charge on any atom is 0.309 e. The number of H-pyrrole nitrogens is 1. The number of carbonyl (C=O) groups is 3. The number of aromatic amines is 1. The lowest BCUT2D eigenvalue weighted by Gasteiger charge is -2.24. The Morgan fingerprint density at radius 2 is 1.77 bits per heavy atom. The van der Waals surface area contributed by atoms with Crippen LogP contribution in [0.1, 0.15) is 30.4 Å². The maximum absolute atomic E-state index is 13.4. The third kappa shape index (κ3) is 8.00. The van der Waals surface area contributed by atoms with Crippen LogP contribution in [0.3, 0.4) is 0 Å². The number of para-hydroxylation sites is 1. The van der Waals surface area contributed by atoms with Crippen LogP contribution in [0, 0.1) is 17.7 Å². The van der Waals surface area contributed by atoms with Gasteiger partial charge in [0.15, 0.2) is 0 Å². The first-order valence-electron chi connectivity index (χ1n) is 13.2. The molecule has 3 atom stereocenters. The van der Waals surface area contributed by atoms with E-state index in [1.807, 2.05) is 42.6 Å². The number of aliphatic hydroxyl groups excluding tert-OH is 1. The number of allylic oxidation sites excluding steroid dienone is 2. The predicted octanol–water partition coefficient (Wildman–Crippen LogP) is 3.20. The molecule has 0 fully saturated rings. The number of ether oxygens (including phenoxy) is 1. The number of cyclic esters (lactones) is 1. The Balaban J connectivity index is 1.55. The standard InChI is InChI=1S/C30H34FN3O5/c31-24-11-9-20(10-12-24)15-22-6-2-1-5-21(17-28(36)32-13-14-35)29(37)34-25(19-39-30(22)38)16-23-18-33-27-8-4-3-7-26(23)27/h1-4,7-12,18,21-22,25,33,35H,5-6,13-17,19H2,(H,32,36)(H,34,37)/b2-1-/t21-,22+,25-/m1/s1. The first-order valence-corrected chi connectivity index (χ1v) is 13.2. The number of halogens is 1. The van der Waals surface area contributed by atoms with E-state index in [2.05, 4.69) is 15.6 Å². The molecule has 0 spiro atoms. The second-order valence-corrected chi connectivity index (χ2v) is 9.84. The van der Waals surface area contributed by atoms with Crippen molar-refractivity contribution in [1.82, 2.24) is 15.6 Å². The molecule has 3 aromatic rings. The summed E-state index contributed by atoms with van der Waals surface area (Å²) in [6.45, 7) is -0.0969. The summed E-state index contributed by atoms with van der Waals surface area (Å²) in [5.41, 5.74) is 2.76. The molecule has 9 heteroatoms. The van der Waals surface area contributed by atoms with Crippen LogP contribution >= 0.6 is 0 Å². The fourth-order valence-electron chi connectivity index (χ4n) is 4.80. The highest BCUT2D eigenvalue weighted by Crippen LogP contribution is 2.22. The average Bonchev–Trinajstić information content (AvgIpc) is 3.34. The van der Waals surface area contributed by atoms with Crippen LogP contribution in [-0.4, -0.2) is 53.7 Å². The van der Waals surface area contributed by atoms with Gasteiger partial charge in [0, 0.05) is 30.1 Å². The van der Waals surface area contributed by atoms with E-state index in [-0.39, 0.29) is 49.8 Å². The third-order valence-corrected chi connectivity index (χ3v) is 6.89. The van der Waals surface area contributed by atoms with E-state index >= 15 is 0 Å². The lowest BCUT2D eigenvalue weighted by Crippen LogP contribution is -2.44. The number of fused-ring (bicyclic) bond motifs is 1. The number of esters is 1. The molecule has 2 aromatic carbocycles. The van der Waals surface area contributed by atoms with Crippen LogP contribution in [0.4, 0.5) is 4.39 Å². The van der Waals surface area contributed by atoms with Gasteiger partial charge >= 0.3 is 5.97 Å². The molecule has 2 heterocycles. The molecule has 0 saturated carbocycles. The highest BCUT2D eigenvalue weighted by atomic mass is 19.1. The Labute approximate surface area is 226 Å². The SMILES string of the molecule is O=C(C[C@H]1C/C=C\C[C@@H](Cc2ccc(F)cc2)C(=O)OC[C@@H](Cc2c[nH]c3ccccc23)NC1=O)NCCO. The lowest BCUT2D eigenvalue weighted by atomic mass is 9.94. The van der Waals surface area contributed by atoms with E-state index in [9.17, 15) is 18.8 Å². The fraction of sp³-hybridized carbons (Fsp3) is 0.367. The second-order valence-electron chi connectivity index (χ2n) is 9.84. The van der Waals surface area contributed by atoms with Crippen LogP contribution in [0.15, 0.2) is 66.9 Å². The van der Waals surface area contributed by atoms with Crippen molar-refractivity contribution >= 4 is 28.7 Å². The van der Waals surface area contributed by atoms with Gasteiger partial charge in [0.05, 0.1) is 24.5 Å². The molecule has 0 unspecified atom stereocenters. The van der Waals surface area contributed by atoms with Crippen molar-refractivity contribution in [2.45, 2.75) is 38.1 Å². The zero-order valence-electron chi connectivity index (χ0n) is 21.7. The number of nitrogens with one attached hydrogen (secondary N) is 3. The van der Waals surface area contributed by atoms with Gasteiger partial charge in [0.2, 0.25) is 11.8 Å². The lowest BCUT2D eigenvalue weighted by molar-refractivity contribution is -0.150. The first kappa shape index (κ1) is 28.0. The van der Waals surface area contributed by atoms with Gasteiger partial charge in [-0.25, -0.2) is 4.39 Å². The molecular formula is C30H34FN3O5. The summed E-state index contributed by atoms with van der Waals surface area (Å²) in [7, 11) is 0. The molecule has 0 bridgehead atoms. The largest absolute Gasteiger partial charge is 0.463 e. The van der Waals surface area contributed by atoms with Crippen LogP contribution in [0.2, 0.25) is 0 Å². The van der Waals surface area contributed by atoms with E-state index in [1.54, 1.807) is 12.1 Å². The van der Waals surface area contributed by atoms with E-state index in [4.69, 9.17) is 9.84 Å². The minimum atomic E-state index is -0.629. The summed E-state index contributed by atoms with van der Waals surface area (Å²) in [4.78, 5) is 42.0. The Bertz CT molecular complexity index is 1300. The van der Waals surface area contributed by atoms with Crippen molar-refractivity contribution in [3.05, 3.63) is 83.8 Å². The number of rotatable bonds is 8. The van der Waals surface area contributed by atoms with Crippen molar-refractivity contribution in [3.8, 4) is 0 Å². The van der Waals surface area contributed by atoms with Crippen molar-refractivity contribution in [3.63, 3.8) is 0 Å². The van der Waals surface area contributed by atoms with E-state index in [0.717, 1.165) is 22.0 Å². The number of aliphatic hydroxyl groups is 1. The Morgan fingerprint density at radius 3 is 2.54 bits per heavy atom. The van der Waals surface area contributed by atoms with Gasteiger partial charge < -0.3 is 25.5 Å². The van der Waals surface area contributed by atoms with Gasteiger partial charge in [-0.1, -0.05) is 42.5 Å². The maximum atomic E-state index is 13.4. The number of hydrogen-bond acceptors (Lipinski definition) is 5. The molecule has 0 radical (unpaired) electrons. The summed E-state index contributed by atoms with van der Waals surface area (Å²) in [6, 6.07) is 13.4. The van der Waals surface area contributed by atoms with Crippen LogP contribution < -0.4 is 10.6 Å². The smallest absolute Gasteiger partial charge is 0.309 e. The average molecular weight is 536 g/mol. The minimum Gasteiger partial charge on any atom is -0.463 e. The van der Waals surface area contributed by atoms with Crippen molar-refractivity contribution in [2.75, 3.05) is 19.8 Å². The molecular weight excluding hydrogens is 501 g/mol. The molecule has 0 aliphatic carbocycles. The second kappa shape index (κ2) is 13.7. The molecule has 39 heavy (non-hydrogen) atoms. The first-order chi connectivity index (χ1) is 18.9. The van der Waals surface area contributed by atoms with Crippen LogP contribution in [0.5, 0.6) is 0 Å². The predicted molar refractivity (Wildman–Crippen MR) is 145 cm³/mol. The van der Waals surface area contributed by atoms with Gasteiger partial charge in [-0.05, 0) is 55.0 Å². The summed E-state index contributed by atoms with van der Waals surface area (Å²) in [6.07, 6.45) is 6.99. The topological polar surface area (TPSA) is 121 Å². The zero-order valence-corrected chi connectivity index (χ0v) is 21.7. The summed E-state index contributed by atoms with van der Waals surface area (Å²) < 4.78 is 19.1. The Morgan fingerprint density at radius 1 is 1.03 bits per heavy atom. The summed E-state index contributed by atoms with van der Waals surface area (Å²) in [5, 5.41) is 15.6. The molecule has 1 aliphatic rings. The molecule has 2 amide bonds. The number of benzene rings is 2. The molecule has 1 aromatic heterocycles. The van der Waals surface area contributed by atoms with Crippen LogP contribution in [-0.2, 0) is 32.0 Å².